The van der Waals surface area contributed by atoms with Crippen LogP contribution in [0.4, 0.5) is 5.69 Å². The summed E-state index contributed by atoms with van der Waals surface area (Å²) in [6, 6.07) is 20.4. The zero-order valence-corrected chi connectivity index (χ0v) is 15.6. The minimum atomic E-state index is -0.315. The second kappa shape index (κ2) is 7.57. The Labute approximate surface area is 161 Å². The van der Waals surface area contributed by atoms with Crippen LogP contribution in [-0.4, -0.2) is 42.6 Å². The maximum absolute atomic E-state index is 12.6. The van der Waals surface area contributed by atoms with Crippen molar-refractivity contribution in [1.29, 1.82) is 0 Å². The molecule has 0 atom stereocenters. The van der Waals surface area contributed by atoms with Gasteiger partial charge in [0, 0.05) is 38.2 Å². The number of para-hydroxylation sites is 1. The highest BCUT2D eigenvalue weighted by Gasteiger charge is 2.45. The van der Waals surface area contributed by atoms with Gasteiger partial charge in [-0.2, -0.15) is 0 Å². The van der Waals surface area contributed by atoms with Gasteiger partial charge in [-0.25, -0.2) is 0 Å². The fourth-order valence-corrected chi connectivity index (χ4v) is 4.04. The van der Waals surface area contributed by atoms with E-state index in [0.29, 0.717) is 6.54 Å². The lowest BCUT2D eigenvalue weighted by Gasteiger charge is -2.47. The molecule has 2 heterocycles. The third-order valence-electron chi connectivity index (χ3n) is 5.66. The molecule has 2 fully saturated rings. The topological polar surface area (TPSA) is 32.8 Å². The van der Waals surface area contributed by atoms with Gasteiger partial charge in [0.05, 0.1) is 6.54 Å². The molecule has 0 saturated carbocycles. The number of hydrogen-bond acceptors (Lipinski definition) is 3. The van der Waals surface area contributed by atoms with Gasteiger partial charge in [0.15, 0.2) is 5.76 Å². The van der Waals surface area contributed by atoms with E-state index in [1.807, 2.05) is 35.2 Å². The van der Waals surface area contributed by atoms with E-state index in [4.69, 9.17) is 4.74 Å². The van der Waals surface area contributed by atoms with Crippen LogP contribution < -0.4 is 4.90 Å². The predicted molar refractivity (Wildman–Crippen MR) is 108 cm³/mol. The molecule has 4 heteroatoms. The molecule has 0 radical (unpaired) electrons. The number of likely N-dealkylation sites (tertiary alicyclic amines) is 1. The van der Waals surface area contributed by atoms with Gasteiger partial charge in [0.2, 0.25) is 0 Å². The summed E-state index contributed by atoms with van der Waals surface area (Å²) in [7, 11) is 0. The van der Waals surface area contributed by atoms with Crippen molar-refractivity contribution in [2.24, 2.45) is 0 Å². The molecule has 4 nitrogen and oxygen atoms in total. The fraction of sp³-hybridized carbons (Fsp3) is 0.348. The van der Waals surface area contributed by atoms with E-state index in [1.54, 1.807) is 0 Å². The van der Waals surface area contributed by atoms with Gasteiger partial charge in [-0.3, -0.25) is 4.79 Å². The molecule has 2 aromatic rings. The Kier molecular flexibility index (Phi) is 4.99. The first-order chi connectivity index (χ1) is 13.2. The molecule has 2 aromatic carbocycles. The molecule has 0 unspecified atom stereocenters. The van der Waals surface area contributed by atoms with Crippen molar-refractivity contribution in [2.75, 3.05) is 31.1 Å². The van der Waals surface area contributed by atoms with Crippen LogP contribution in [0.15, 0.2) is 73.0 Å². The van der Waals surface area contributed by atoms with Gasteiger partial charge in [-0.15, -0.1) is 0 Å². The Hall–Kier alpha value is -2.59. The van der Waals surface area contributed by atoms with Crippen LogP contribution in [0.25, 0.3) is 0 Å². The number of rotatable bonds is 4. The van der Waals surface area contributed by atoms with E-state index in [2.05, 4.69) is 41.8 Å². The summed E-state index contributed by atoms with van der Waals surface area (Å²) in [6.45, 7) is 7.51. The van der Waals surface area contributed by atoms with Crippen molar-refractivity contribution in [3.63, 3.8) is 0 Å². The lowest BCUT2D eigenvalue weighted by Crippen LogP contribution is -2.58. The van der Waals surface area contributed by atoms with Crippen LogP contribution in [0, 0.1) is 0 Å². The average Bonchev–Trinajstić information content (AvgIpc) is 2.72. The van der Waals surface area contributed by atoms with Crippen molar-refractivity contribution < 1.29 is 9.53 Å². The van der Waals surface area contributed by atoms with E-state index in [9.17, 15) is 4.79 Å². The number of morpholine rings is 1. The van der Waals surface area contributed by atoms with Crippen LogP contribution in [0.3, 0.4) is 0 Å². The number of amides is 1. The molecule has 0 N–H and O–H groups in total. The molecule has 2 saturated heterocycles. The lowest BCUT2D eigenvalue weighted by molar-refractivity contribution is -0.131. The summed E-state index contributed by atoms with van der Waals surface area (Å²) < 4.78 is 6.08. The van der Waals surface area contributed by atoms with Gasteiger partial charge in [0.1, 0.15) is 5.60 Å². The van der Waals surface area contributed by atoms with Gasteiger partial charge in [-0.1, -0.05) is 55.1 Å². The van der Waals surface area contributed by atoms with Crippen LogP contribution >= 0.6 is 0 Å². The highest BCUT2D eigenvalue weighted by molar-refractivity contribution is 6.04. The van der Waals surface area contributed by atoms with Crippen molar-refractivity contribution in [3.8, 4) is 0 Å². The highest BCUT2D eigenvalue weighted by atomic mass is 16.5. The summed E-state index contributed by atoms with van der Waals surface area (Å²) in [5.41, 5.74) is 1.98. The third kappa shape index (κ3) is 3.91. The van der Waals surface area contributed by atoms with Crippen LogP contribution in [0.2, 0.25) is 0 Å². The van der Waals surface area contributed by atoms with Gasteiger partial charge < -0.3 is 14.5 Å². The van der Waals surface area contributed by atoms with Crippen LogP contribution in [0.1, 0.15) is 18.4 Å². The molecule has 1 amide bonds. The van der Waals surface area contributed by atoms with E-state index >= 15 is 0 Å². The Morgan fingerprint density at radius 1 is 0.963 bits per heavy atom. The number of piperidine rings is 1. The van der Waals surface area contributed by atoms with Gasteiger partial charge in [-0.05, 0) is 24.1 Å². The Morgan fingerprint density at radius 2 is 1.59 bits per heavy atom. The molecule has 140 valence electrons. The first-order valence-corrected chi connectivity index (χ1v) is 9.66. The highest BCUT2D eigenvalue weighted by Crippen LogP contribution is 2.35. The van der Waals surface area contributed by atoms with Crippen LogP contribution in [0.5, 0.6) is 0 Å². The normalized spacial score (nSPS) is 19.9. The zero-order valence-electron chi connectivity index (χ0n) is 15.6. The summed E-state index contributed by atoms with van der Waals surface area (Å²) in [6.07, 6.45) is 2.89. The van der Waals surface area contributed by atoms with Crippen molar-refractivity contribution in [3.05, 3.63) is 78.6 Å². The zero-order chi connectivity index (χ0) is 18.7. The number of benzene rings is 2. The first kappa shape index (κ1) is 17.8. The Balaban J connectivity index is 1.39. The van der Waals surface area contributed by atoms with E-state index in [-0.39, 0.29) is 17.3 Å². The van der Waals surface area contributed by atoms with Crippen LogP contribution in [-0.2, 0) is 16.0 Å². The average molecular weight is 362 g/mol. The molecular formula is C23H26N2O2. The number of nitrogens with zero attached hydrogens (tertiary/aromatic N) is 2. The molecule has 0 aromatic heterocycles. The molecule has 2 aliphatic rings. The van der Waals surface area contributed by atoms with E-state index in [1.165, 1.54) is 5.56 Å². The largest absolute Gasteiger partial charge is 0.480 e. The fourth-order valence-electron chi connectivity index (χ4n) is 4.04. The van der Waals surface area contributed by atoms with E-state index < -0.39 is 0 Å². The number of anilines is 1. The van der Waals surface area contributed by atoms with Gasteiger partial charge >= 0.3 is 0 Å². The molecule has 2 aliphatic heterocycles. The number of ether oxygens (including phenoxy) is 1. The summed E-state index contributed by atoms with van der Waals surface area (Å²) in [4.78, 5) is 16.9. The quantitative estimate of drug-likeness (QED) is 0.779. The maximum atomic E-state index is 12.6. The predicted octanol–water partition coefficient (Wildman–Crippen LogP) is 3.64. The first-order valence-electron chi connectivity index (χ1n) is 9.66. The Morgan fingerprint density at radius 3 is 2.26 bits per heavy atom. The molecule has 0 aliphatic carbocycles. The second-order valence-corrected chi connectivity index (χ2v) is 7.51. The lowest BCUT2D eigenvalue weighted by atomic mass is 9.88. The van der Waals surface area contributed by atoms with Crippen molar-refractivity contribution in [1.82, 2.24) is 4.90 Å². The molecule has 27 heavy (non-hydrogen) atoms. The minimum absolute atomic E-state index is 0.127. The van der Waals surface area contributed by atoms with Gasteiger partial charge in [0.25, 0.3) is 5.91 Å². The number of carbonyl (C=O) groups is 1. The standard InChI is InChI=1S/C23H26N2O2/c1-19-22(26)25(21-10-6-3-7-11-21)18-23(27-19)13-16-24(17-14-23)15-12-20-8-4-2-5-9-20/h2-11H,1,12-18H2. The smallest absolute Gasteiger partial charge is 0.292 e. The Bertz CT molecular complexity index is 796. The summed E-state index contributed by atoms with van der Waals surface area (Å²) in [5, 5.41) is 0. The summed E-state index contributed by atoms with van der Waals surface area (Å²) in [5.74, 6) is 0.140. The maximum Gasteiger partial charge on any atom is 0.292 e. The molecule has 4 rings (SSSR count). The SMILES string of the molecule is C=C1OC2(CCN(CCc3ccccc3)CC2)CN(c2ccccc2)C1=O. The molecule has 1 spiro atoms. The second-order valence-electron chi connectivity index (χ2n) is 7.51. The molecular weight excluding hydrogens is 336 g/mol. The summed E-state index contributed by atoms with van der Waals surface area (Å²) >= 11 is 0. The third-order valence-corrected chi connectivity index (χ3v) is 5.66. The number of carbonyl (C=O) groups excluding carboxylic acids is 1. The van der Waals surface area contributed by atoms with E-state index in [0.717, 1.165) is 44.6 Å². The monoisotopic (exact) mass is 362 g/mol. The minimum Gasteiger partial charge on any atom is -0.480 e. The van der Waals surface area contributed by atoms with Crippen molar-refractivity contribution >= 4 is 11.6 Å². The number of hydrogen-bond donors (Lipinski definition) is 0. The van der Waals surface area contributed by atoms with Crippen molar-refractivity contribution in [2.45, 2.75) is 24.9 Å². The molecule has 0 bridgehead atoms.